The second-order valence-corrected chi connectivity index (χ2v) is 8.79. The fourth-order valence-corrected chi connectivity index (χ4v) is 3.79. The van der Waals surface area contributed by atoms with Crippen LogP contribution >= 0.6 is 0 Å². The Hall–Kier alpha value is -3.26. The number of rotatable bonds is 6. The number of benzene rings is 3. The standard InChI is InChI=1S/C29H30O2/c1-21-5-13-25(14-6-21)30-27-17-9-23(10-18-27)29(3,4)24-11-19-28(20-12-24)31-26-15-7-22(2)8-16-26/h5-19,28H,20H2,1-4H3. The predicted octanol–water partition coefficient (Wildman–Crippen LogP) is 7.71. The minimum Gasteiger partial charge on any atom is -0.486 e. The molecule has 0 fully saturated rings. The van der Waals surface area contributed by atoms with Crippen LogP contribution in [0, 0.1) is 13.8 Å². The summed E-state index contributed by atoms with van der Waals surface area (Å²) in [5.74, 6) is 2.62. The van der Waals surface area contributed by atoms with Crippen LogP contribution in [0.5, 0.6) is 17.2 Å². The Morgan fingerprint density at radius 2 is 1.23 bits per heavy atom. The maximum atomic E-state index is 6.11. The summed E-state index contributed by atoms with van der Waals surface area (Å²) >= 11 is 0. The van der Waals surface area contributed by atoms with E-state index in [1.165, 1.54) is 22.3 Å². The molecule has 0 heterocycles. The first-order chi connectivity index (χ1) is 14.9. The molecule has 2 heteroatoms. The van der Waals surface area contributed by atoms with E-state index in [4.69, 9.17) is 9.47 Å². The van der Waals surface area contributed by atoms with Crippen LogP contribution in [0.1, 0.15) is 37.0 Å². The lowest BCUT2D eigenvalue weighted by atomic mass is 9.75. The molecule has 0 spiro atoms. The molecular weight excluding hydrogens is 380 g/mol. The molecule has 0 amide bonds. The zero-order chi connectivity index (χ0) is 21.8. The van der Waals surface area contributed by atoms with E-state index in [1.54, 1.807) is 0 Å². The third kappa shape index (κ3) is 5.08. The molecule has 1 atom stereocenters. The summed E-state index contributed by atoms with van der Waals surface area (Å²) in [5.41, 5.74) is 4.95. The first kappa shape index (κ1) is 21.0. The van der Waals surface area contributed by atoms with Crippen LogP contribution in [-0.4, -0.2) is 6.10 Å². The van der Waals surface area contributed by atoms with E-state index in [1.807, 2.05) is 36.4 Å². The van der Waals surface area contributed by atoms with Gasteiger partial charge in [0.25, 0.3) is 0 Å². The molecule has 158 valence electrons. The molecule has 0 bridgehead atoms. The van der Waals surface area contributed by atoms with Crippen LogP contribution in [0.15, 0.2) is 96.6 Å². The molecule has 0 aromatic heterocycles. The van der Waals surface area contributed by atoms with E-state index < -0.39 is 0 Å². The van der Waals surface area contributed by atoms with Crippen LogP contribution in [0.3, 0.4) is 0 Å². The van der Waals surface area contributed by atoms with Crippen LogP contribution in [-0.2, 0) is 5.41 Å². The van der Waals surface area contributed by atoms with Gasteiger partial charge in [-0.05, 0) is 67.5 Å². The summed E-state index contributed by atoms with van der Waals surface area (Å²) in [6, 6.07) is 24.8. The molecule has 0 radical (unpaired) electrons. The van der Waals surface area contributed by atoms with Gasteiger partial charge in [-0.2, -0.15) is 0 Å². The molecule has 1 aliphatic rings. The van der Waals surface area contributed by atoms with Crippen LogP contribution in [0.4, 0.5) is 0 Å². The monoisotopic (exact) mass is 410 g/mol. The minimum absolute atomic E-state index is 0.0764. The van der Waals surface area contributed by atoms with Crippen molar-refractivity contribution in [1.82, 2.24) is 0 Å². The Morgan fingerprint density at radius 3 is 1.74 bits per heavy atom. The molecule has 3 aromatic carbocycles. The summed E-state index contributed by atoms with van der Waals surface area (Å²) in [4.78, 5) is 0. The lowest BCUT2D eigenvalue weighted by molar-refractivity contribution is 0.250. The van der Waals surface area contributed by atoms with Crippen molar-refractivity contribution in [1.29, 1.82) is 0 Å². The summed E-state index contributed by atoms with van der Waals surface area (Å²) in [6.07, 6.45) is 7.63. The van der Waals surface area contributed by atoms with Gasteiger partial charge in [-0.3, -0.25) is 0 Å². The van der Waals surface area contributed by atoms with Crippen molar-refractivity contribution in [3.63, 3.8) is 0 Å². The maximum Gasteiger partial charge on any atom is 0.127 e. The van der Waals surface area contributed by atoms with Gasteiger partial charge in [-0.15, -0.1) is 0 Å². The van der Waals surface area contributed by atoms with E-state index in [0.717, 1.165) is 23.7 Å². The first-order valence-electron chi connectivity index (χ1n) is 10.9. The molecule has 4 rings (SSSR count). The van der Waals surface area contributed by atoms with E-state index in [0.29, 0.717) is 0 Å². The van der Waals surface area contributed by atoms with Gasteiger partial charge >= 0.3 is 0 Å². The van der Waals surface area contributed by atoms with Crippen molar-refractivity contribution < 1.29 is 9.47 Å². The quantitative estimate of drug-likeness (QED) is 0.414. The van der Waals surface area contributed by atoms with Crippen molar-refractivity contribution in [3.05, 3.63) is 113 Å². The van der Waals surface area contributed by atoms with E-state index in [9.17, 15) is 0 Å². The maximum absolute atomic E-state index is 6.11. The SMILES string of the molecule is Cc1ccc(Oc2ccc(C(C)(C)C3=CCC(Oc4ccc(C)cc4)C=C3)cc2)cc1. The van der Waals surface area contributed by atoms with Crippen molar-refractivity contribution >= 4 is 0 Å². The zero-order valence-electron chi connectivity index (χ0n) is 18.8. The average molecular weight is 411 g/mol. The molecule has 2 nitrogen and oxygen atoms in total. The normalized spacial score (nSPS) is 16.0. The fraction of sp³-hybridized carbons (Fsp3) is 0.241. The van der Waals surface area contributed by atoms with Gasteiger partial charge in [0, 0.05) is 11.8 Å². The highest BCUT2D eigenvalue weighted by Gasteiger charge is 2.26. The van der Waals surface area contributed by atoms with Gasteiger partial charge in [0.1, 0.15) is 23.4 Å². The Kier molecular flexibility index (Phi) is 5.99. The number of allylic oxidation sites excluding steroid dienone is 2. The van der Waals surface area contributed by atoms with Gasteiger partial charge in [0.05, 0.1) is 0 Å². The fourth-order valence-electron chi connectivity index (χ4n) is 3.79. The largest absolute Gasteiger partial charge is 0.486 e. The van der Waals surface area contributed by atoms with Crippen LogP contribution < -0.4 is 9.47 Å². The van der Waals surface area contributed by atoms with Crippen LogP contribution in [0.25, 0.3) is 0 Å². The smallest absolute Gasteiger partial charge is 0.127 e. The summed E-state index contributed by atoms with van der Waals surface area (Å²) in [7, 11) is 0. The zero-order valence-corrected chi connectivity index (χ0v) is 18.8. The van der Waals surface area contributed by atoms with E-state index >= 15 is 0 Å². The number of hydrogen-bond donors (Lipinski definition) is 0. The van der Waals surface area contributed by atoms with Gasteiger partial charge in [0.15, 0.2) is 0 Å². The van der Waals surface area contributed by atoms with Gasteiger partial charge < -0.3 is 9.47 Å². The highest BCUT2D eigenvalue weighted by atomic mass is 16.5. The number of ether oxygens (including phenoxy) is 2. The molecule has 1 aliphatic carbocycles. The summed E-state index contributed by atoms with van der Waals surface area (Å²) in [6.45, 7) is 8.69. The van der Waals surface area contributed by atoms with Gasteiger partial charge in [0.2, 0.25) is 0 Å². The van der Waals surface area contributed by atoms with Crippen LogP contribution in [0.2, 0.25) is 0 Å². The lowest BCUT2D eigenvalue weighted by Gasteiger charge is -2.30. The molecule has 0 saturated heterocycles. The lowest BCUT2D eigenvalue weighted by Crippen LogP contribution is -2.23. The van der Waals surface area contributed by atoms with Gasteiger partial charge in [-0.25, -0.2) is 0 Å². The molecule has 3 aromatic rings. The highest BCUT2D eigenvalue weighted by Crippen LogP contribution is 2.36. The van der Waals surface area contributed by atoms with Crippen molar-refractivity contribution in [2.24, 2.45) is 0 Å². The van der Waals surface area contributed by atoms with Crippen molar-refractivity contribution in [2.75, 3.05) is 0 Å². The highest BCUT2D eigenvalue weighted by molar-refractivity contribution is 5.44. The molecule has 31 heavy (non-hydrogen) atoms. The Labute approximate surface area is 185 Å². The molecule has 0 aliphatic heterocycles. The first-order valence-corrected chi connectivity index (χ1v) is 10.9. The average Bonchev–Trinajstić information content (AvgIpc) is 2.78. The van der Waals surface area contributed by atoms with Gasteiger partial charge in [-0.1, -0.05) is 73.5 Å². The molecular formula is C29H30O2. The third-order valence-corrected chi connectivity index (χ3v) is 5.92. The minimum atomic E-state index is -0.0896. The Morgan fingerprint density at radius 1 is 0.710 bits per heavy atom. The van der Waals surface area contributed by atoms with Crippen molar-refractivity contribution in [3.8, 4) is 17.2 Å². The molecule has 0 N–H and O–H groups in total. The number of hydrogen-bond acceptors (Lipinski definition) is 2. The topological polar surface area (TPSA) is 18.5 Å². The second kappa shape index (κ2) is 8.85. The van der Waals surface area contributed by atoms with E-state index in [-0.39, 0.29) is 11.5 Å². The molecule has 1 unspecified atom stereocenters. The third-order valence-electron chi connectivity index (χ3n) is 5.92. The summed E-state index contributed by atoms with van der Waals surface area (Å²) < 4.78 is 12.1. The summed E-state index contributed by atoms with van der Waals surface area (Å²) in [5, 5.41) is 0. The van der Waals surface area contributed by atoms with Crippen molar-refractivity contribution in [2.45, 2.75) is 45.6 Å². The Balaban J connectivity index is 1.41. The Bertz CT molecular complexity index is 1070. The second-order valence-electron chi connectivity index (χ2n) is 8.79. The predicted molar refractivity (Wildman–Crippen MR) is 128 cm³/mol. The molecule has 0 saturated carbocycles. The van der Waals surface area contributed by atoms with E-state index in [2.05, 4.69) is 82.3 Å². The number of aryl methyl sites for hydroxylation is 2.